The highest BCUT2D eigenvalue weighted by Crippen LogP contribution is 2.31. The second-order valence-corrected chi connectivity index (χ2v) is 8.73. The summed E-state index contributed by atoms with van der Waals surface area (Å²) in [5.41, 5.74) is 3.51. The number of H-pyrrole nitrogens is 1. The van der Waals surface area contributed by atoms with Crippen molar-refractivity contribution in [3.05, 3.63) is 65.1 Å². The predicted octanol–water partition coefficient (Wildman–Crippen LogP) is 2.92. The van der Waals surface area contributed by atoms with Crippen molar-refractivity contribution in [2.24, 2.45) is 11.8 Å². The van der Waals surface area contributed by atoms with E-state index in [-0.39, 0.29) is 17.9 Å². The van der Waals surface area contributed by atoms with Gasteiger partial charge >= 0.3 is 5.97 Å². The van der Waals surface area contributed by atoms with Gasteiger partial charge in [0, 0.05) is 25.2 Å². The molecule has 1 aliphatic rings. The van der Waals surface area contributed by atoms with Crippen molar-refractivity contribution < 1.29 is 9.90 Å². The molecule has 0 fully saturated rings. The number of aromatic amines is 1. The van der Waals surface area contributed by atoms with Crippen LogP contribution < -0.4 is 10.6 Å². The summed E-state index contributed by atoms with van der Waals surface area (Å²) in [7, 11) is 0. The second-order valence-electron chi connectivity index (χ2n) is 8.73. The molecule has 0 spiro atoms. The van der Waals surface area contributed by atoms with Gasteiger partial charge in [0.2, 0.25) is 0 Å². The molecule has 1 aromatic carbocycles. The van der Waals surface area contributed by atoms with Crippen LogP contribution >= 0.6 is 0 Å². The summed E-state index contributed by atoms with van der Waals surface area (Å²) >= 11 is 0. The summed E-state index contributed by atoms with van der Waals surface area (Å²) in [5, 5.41) is 31.1. The Morgan fingerprint density at radius 3 is 2.78 bits per heavy atom. The van der Waals surface area contributed by atoms with E-state index < -0.39 is 11.9 Å². The molecule has 2 aromatic heterocycles. The van der Waals surface area contributed by atoms with Gasteiger partial charge in [0.05, 0.1) is 12.0 Å². The van der Waals surface area contributed by atoms with Crippen LogP contribution in [0.25, 0.3) is 0 Å². The van der Waals surface area contributed by atoms with Gasteiger partial charge in [-0.15, -0.1) is 10.2 Å². The van der Waals surface area contributed by atoms with Crippen LogP contribution in [0.4, 0.5) is 5.82 Å². The molecular weight excluding hydrogens is 406 g/mol. The van der Waals surface area contributed by atoms with Gasteiger partial charge in [0.1, 0.15) is 5.82 Å². The third-order valence-corrected chi connectivity index (χ3v) is 5.92. The van der Waals surface area contributed by atoms with Crippen LogP contribution in [0, 0.1) is 11.8 Å². The number of anilines is 1. The standard InChI is InChI=1S/C23H29N7O2/c1-14(2)9-19(23(31)32)18(22-27-29-30-28-22)10-15-7-8-21(25-11-15)26-20-13-24-12-16-5-3-4-6-17(16)20/h3-8,11,14,18-20,24H,9-10,12-13H2,1-2H3,(H,25,26)(H,31,32)(H,27,28,29,30). The van der Waals surface area contributed by atoms with Crippen molar-refractivity contribution in [2.45, 2.75) is 45.2 Å². The van der Waals surface area contributed by atoms with Gasteiger partial charge in [-0.2, -0.15) is 5.21 Å². The number of pyridine rings is 1. The fourth-order valence-corrected chi connectivity index (χ4v) is 4.37. The summed E-state index contributed by atoms with van der Waals surface area (Å²) in [6.07, 6.45) is 2.81. The number of rotatable bonds is 9. The normalized spacial score (nSPS) is 17.5. The molecule has 9 heteroatoms. The minimum Gasteiger partial charge on any atom is -0.481 e. The van der Waals surface area contributed by atoms with E-state index in [1.165, 1.54) is 11.1 Å². The summed E-state index contributed by atoms with van der Waals surface area (Å²) in [5.74, 6) is -0.389. The number of aliphatic carboxylic acids is 1. The molecule has 9 nitrogen and oxygen atoms in total. The largest absolute Gasteiger partial charge is 0.481 e. The Kier molecular flexibility index (Phi) is 6.75. The van der Waals surface area contributed by atoms with Crippen LogP contribution in [0.3, 0.4) is 0 Å². The molecule has 1 aliphatic heterocycles. The first-order valence-corrected chi connectivity index (χ1v) is 11.0. The van der Waals surface area contributed by atoms with Gasteiger partial charge in [0.15, 0.2) is 5.82 Å². The molecule has 4 rings (SSSR count). The minimum atomic E-state index is -0.844. The fourth-order valence-electron chi connectivity index (χ4n) is 4.37. The zero-order valence-electron chi connectivity index (χ0n) is 18.3. The quantitative estimate of drug-likeness (QED) is 0.404. The first-order valence-electron chi connectivity index (χ1n) is 11.0. The Hall–Kier alpha value is -3.33. The highest BCUT2D eigenvalue weighted by molar-refractivity contribution is 5.71. The molecule has 3 unspecified atom stereocenters. The number of nitrogens with one attached hydrogen (secondary N) is 3. The molecule has 0 radical (unpaired) electrons. The van der Waals surface area contributed by atoms with E-state index in [9.17, 15) is 9.90 Å². The van der Waals surface area contributed by atoms with Gasteiger partial charge in [-0.25, -0.2) is 4.98 Å². The number of nitrogens with zero attached hydrogens (tertiary/aromatic N) is 4. The third kappa shape index (κ3) is 5.11. The van der Waals surface area contributed by atoms with E-state index in [0.717, 1.165) is 24.5 Å². The molecular formula is C23H29N7O2. The van der Waals surface area contributed by atoms with Gasteiger partial charge < -0.3 is 15.7 Å². The van der Waals surface area contributed by atoms with Crippen LogP contribution in [-0.2, 0) is 17.8 Å². The molecule has 0 saturated heterocycles. The maximum Gasteiger partial charge on any atom is 0.307 e. The van der Waals surface area contributed by atoms with Crippen molar-refractivity contribution in [1.29, 1.82) is 0 Å². The Balaban J connectivity index is 1.50. The fraction of sp³-hybridized carbons (Fsp3) is 0.435. The third-order valence-electron chi connectivity index (χ3n) is 5.92. The van der Waals surface area contributed by atoms with Crippen LogP contribution in [0.5, 0.6) is 0 Å². The van der Waals surface area contributed by atoms with E-state index in [0.29, 0.717) is 18.7 Å². The molecule has 3 aromatic rings. The Morgan fingerprint density at radius 1 is 1.25 bits per heavy atom. The maximum atomic E-state index is 12.0. The lowest BCUT2D eigenvalue weighted by Crippen LogP contribution is -2.32. The lowest BCUT2D eigenvalue weighted by molar-refractivity contribution is -0.143. The number of tetrazole rings is 1. The maximum absolute atomic E-state index is 12.0. The lowest BCUT2D eigenvalue weighted by Gasteiger charge is -2.27. The smallest absolute Gasteiger partial charge is 0.307 e. The zero-order chi connectivity index (χ0) is 22.5. The van der Waals surface area contributed by atoms with Crippen molar-refractivity contribution >= 4 is 11.8 Å². The Bertz CT molecular complexity index is 1020. The number of carboxylic acid groups (broad SMARTS) is 1. The molecule has 0 saturated carbocycles. The van der Waals surface area contributed by atoms with E-state index >= 15 is 0 Å². The summed E-state index contributed by atoms with van der Waals surface area (Å²) in [6, 6.07) is 12.5. The molecule has 0 aliphatic carbocycles. The molecule has 4 N–H and O–H groups in total. The van der Waals surface area contributed by atoms with Gasteiger partial charge in [0.25, 0.3) is 0 Å². The Labute approximate surface area is 187 Å². The topological polar surface area (TPSA) is 129 Å². The van der Waals surface area contributed by atoms with Crippen molar-refractivity contribution in [1.82, 2.24) is 30.9 Å². The van der Waals surface area contributed by atoms with Gasteiger partial charge in [-0.1, -0.05) is 49.4 Å². The van der Waals surface area contributed by atoms with Crippen molar-refractivity contribution in [3.63, 3.8) is 0 Å². The van der Waals surface area contributed by atoms with Gasteiger partial charge in [-0.3, -0.25) is 4.79 Å². The van der Waals surface area contributed by atoms with E-state index in [2.05, 4.69) is 60.5 Å². The van der Waals surface area contributed by atoms with E-state index in [4.69, 9.17) is 0 Å². The van der Waals surface area contributed by atoms with E-state index in [1.807, 2.05) is 26.0 Å². The lowest BCUT2D eigenvalue weighted by atomic mass is 9.81. The molecule has 0 amide bonds. The number of fused-ring (bicyclic) bond motifs is 1. The predicted molar refractivity (Wildman–Crippen MR) is 120 cm³/mol. The van der Waals surface area contributed by atoms with Gasteiger partial charge in [-0.05, 0) is 41.5 Å². The average molecular weight is 436 g/mol. The SMILES string of the molecule is CC(C)CC(C(=O)O)C(Cc1ccc(NC2CNCc3ccccc32)nc1)c1nn[nH]n1. The van der Waals surface area contributed by atoms with Crippen molar-refractivity contribution in [2.75, 3.05) is 11.9 Å². The highest BCUT2D eigenvalue weighted by Gasteiger charge is 2.33. The molecule has 3 atom stereocenters. The summed E-state index contributed by atoms with van der Waals surface area (Å²) in [4.78, 5) is 16.6. The molecule has 168 valence electrons. The van der Waals surface area contributed by atoms with Crippen molar-refractivity contribution in [3.8, 4) is 0 Å². The Morgan fingerprint density at radius 2 is 2.09 bits per heavy atom. The number of aromatic nitrogens is 5. The zero-order valence-corrected chi connectivity index (χ0v) is 18.3. The number of carbonyl (C=O) groups is 1. The molecule has 3 heterocycles. The van der Waals surface area contributed by atoms with Crippen LogP contribution in [0.1, 0.15) is 54.7 Å². The number of benzene rings is 1. The number of hydrogen-bond donors (Lipinski definition) is 4. The van der Waals surface area contributed by atoms with Crippen LogP contribution in [0.15, 0.2) is 42.6 Å². The van der Waals surface area contributed by atoms with Crippen LogP contribution in [-0.4, -0.2) is 43.2 Å². The first-order chi connectivity index (χ1) is 15.5. The second kappa shape index (κ2) is 9.86. The minimum absolute atomic E-state index is 0.146. The highest BCUT2D eigenvalue weighted by atomic mass is 16.4. The molecule has 0 bridgehead atoms. The number of hydrogen-bond acceptors (Lipinski definition) is 7. The van der Waals surface area contributed by atoms with E-state index in [1.54, 1.807) is 6.20 Å². The summed E-state index contributed by atoms with van der Waals surface area (Å²) in [6.45, 7) is 5.74. The van der Waals surface area contributed by atoms with Crippen LogP contribution in [0.2, 0.25) is 0 Å². The number of carboxylic acids is 1. The molecule has 32 heavy (non-hydrogen) atoms. The monoisotopic (exact) mass is 435 g/mol. The summed E-state index contributed by atoms with van der Waals surface area (Å²) < 4.78 is 0. The average Bonchev–Trinajstić information content (AvgIpc) is 3.32. The first kappa shape index (κ1) is 21.9.